The van der Waals surface area contributed by atoms with Crippen molar-refractivity contribution in [2.24, 2.45) is 0 Å². The summed E-state index contributed by atoms with van der Waals surface area (Å²) in [5.74, 6) is 1.94. The van der Waals surface area contributed by atoms with Crippen molar-refractivity contribution in [3.63, 3.8) is 0 Å². The summed E-state index contributed by atoms with van der Waals surface area (Å²) in [5, 5.41) is 2.52. The van der Waals surface area contributed by atoms with E-state index in [2.05, 4.69) is 36.7 Å². The van der Waals surface area contributed by atoms with E-state index in [1.54, 1.807) is 24.3 Å². The van der Waals surface area contributed by atoms with Crippen LogP contribution in [0, 0.1) is 19.3 Å². The molecule has 13 heteroatoms. The number of halogens is 1. The third-order valence-corrected chi connectivity index (χ3v) is 7.07. The van der Waals surface area contributed by atoms with Gasteiger partial charge in [0.15, 0.2) is 11.8 Å². The van der Waals surface area contributed by atoms with Gasteiger partial charge in [0.1, 0.15) is 18.4 Å². The van der Waals surface area contributed by atoms with E-state index in [1.165, 1.54) is 39.3 Å². The first-order valence-electron chi connectivity index (χ1n) is 10.2. The highest BCUT2D eigenvalue weighted by atomic mass is 79.9. The molecule has 3 rings (SSSR count). The average molecular weight is 568 g/mol. The molecule has 0 saturated carbocycles. The molecule has 1 aromatic heterocycles. The number of ether oxygens (including phenoxy) is 2. The molecule has 0 fully saturated rings. The number of H-pyrrole nitrogens is 1. The van der Waals surface area contributed by atoms with Crippen LogP contribution in [-0.2, 0) is 23.4 Å². The van der Waals surface area contributed by atoms with Crippen LogP contribution in [0.4, 0.5) is 0 Å². The number of carbonyl (C=O) groups is 1. The lowest BCUT2D eigenvalue weighted by molar-refractivity contribution is -0.142. The summed E-state index contributed by atoms with van der Waals surface area (Å²) in [5.41, 5.74) is -2.44. The maximum Gasteiger partial charge on any atom is 0.459 e. The number of nitrogens with one attached hydrogen (secondary N) is 2. The minimum Gasteiger partial charge on any atom is -0.468 e. The Morgan fingerprint density at radius 1 is 1.40 bits per heavy atom. The van der Waals surface area contributed by atoms with Crippen LogP contribution >= 0.6 is 23.7 Å². The van der Waals surface area contributed by atoms with E-state index in [0.29, 0.717) is 5.56 Å². The van der Waals surface area contributed by atoms with Crippen LogP contribution in [0.5, 0.6) is 5.75 Å². The Morgan fingerprint density at radius 2 is 2.09 bits per heavy atom. The Morgan fingerprint density at radius 3 is 2.71 bits per heavy atom. The van der Waals surface area contributed by atoms with E-state index in [9.17, 15) is 18.9 Å². The lowest BCUT2D eigenvalue weighted by atomic mass is 10.1. The fourth-order valence-corrected chi connectivity index (χ4v) is 4.82. The summed E-state index contributed by atoms with van der Waals surface area (Å²) in [4.78, 5) is 38.0. The van der Waals surface area contributed by atoms with Gasteiger partial charge in [0.2, 0.25) is 0 Å². The fourth-order valence-electron chi connectivity index (χ4n) is 3.03. The molecule has 2 aromatic rings. The summed E-state index contributed by atoms with van der Waals surface area (Å²) < 4.78 is 37.2. The molecule has 0 unspecified atom stereocenters. The number of rotatable bonds is 9. The van der Waals surface area contributed by atoms with Gasteiger partial charge in [-0.15, -0.1) is 6.42 Å². The van der Waals surface area contributed by atoms with Crippen LogP contribution in [0.2, 0.25) is 0 Å². The van der Waals surface area contributed by atoms with Crippen molar-refractivity contribution in [3.8, 4) is 18.1 Å². The minimum absolute atomic E-state index is 0.201. The number of aromatic amines is 1. The summed E-state index contributed by atoms with van der Waals surface area (Å²) >= 11 is 3.30. The number of nitrogens with zero attached hydrogens (tertiary/aromatic N) is 1. The van der Waals surface area contributed by atoms with E-state index in [4.69, 9.17) is 20.2 Å². The van der Waals surface area contributed by atoms with Gasteiger partial charge in [0, 0.05) is 16.2 Å². The van der Waals surface area contributed by atoms with E-state index < -0.39 is 49.4 Å². The van der Waals surface area contributed by atoms with Gasteiger partial charge in [-0.1, -0.05) is 21.9 Å². The van der Waals surface area contributed by atoms with Crippen LogP contribution in [0.1, 0.15) is 18.7 Å². The molecule has 0 saturated heterocycles. The molecule has 2 heterocycles. The van der Waals surface area contributed by atoms with Crippen molar-refractivity contribution < 1.29 is 27.9 Å². The van der Waals surface area contributed by atoms with E-state index in [1.807, 2.05) is 0 Å². The zero-order valence-electron chi connectivity index (χ0n) is 19.0. The Bertz CT molecular complexity index is 1330. The van der Waals surface area contributed by atoms with Crippen molar-refractivity contribution in [2.75, 3.05) is 13.7 Å². The zero-order valence-corrected chi connectivity index (χ0v) is 21.5. The van der Waals surface area contributed by atoms with E-state index in [-0.39, 0.29) is 5.75 Å². The molecule has 1 aromatic carbocycles. The lowest BCUT2D eigenvalue weighted by Crippen LogP contribution is -2.39. The number of hydrogen-bond acceptors (Lipinski definition) is 8. The molecule has 0 radical (unpaired) electrons. The Hall–Kier alpha value is -2.94. The first-order chi connectivity index (χ1) is 16.5. The summed E-state index contributed by atoms with van der Waals surface area (Å²) in [6, 6.07) is 5.40. The first kappa shape index (κ1) is 26.7. The number of aryl methyl sites for hydroxylation is 1. The Labute approximate surface area is 209 Å². The quantitative estimate of drug-likeness (QED) is 0.202. The maximum absolute atomic E-state index is 13.6. The van der Waals surface area contributed by atoms with Gasteiger partial charge in [-0.25, -0.2) is 9.36 Å². The highest BCUT2D eigenvalue weighted by Crippen LogP contribution is 2.46. The lowest BCUT2D eigenvalue weighted by Gasteiger charge is -2.28. The van der Waals surface area contributed by atoms with Crippen molar-refractivity contribution >= 4 is 29.6 Å². The fraction of sp³-hybridized carbons (Fsp3) is 0.318. The largest absolute Gasteiger partial charge is 0.468 e. The maximum atomic E-state index is 13.6. The monoisotopic (exact) mass is 567 g/mol. The number of carbonyl (C=O) groups excluding carboxylic acids is 1. The highest BCUT2D eigenvalue weighted by Gasteiger charge is 2.40. The van der Waals surface area contributed by atoms with E-state index >= 15 is 0 Å². The molecule has 1 aliphatic heterocycles. The summed E-state index contributed by atoms with van der Waals surface area (Å²) in [6.45, 7) is 2.51. The molecule has 0 aliphatic carbocycles. The predicted molar refractivity (Wildman–Crippen MR) is 130 cm³/mol. The number of aromatic nitrogens is 2. The molecule has 0 amide bonds. The molecule has 0 spiro atoms. The van der Waals surface area contributed by atoms with Gasteiger partial charge in [0.05, 0.1) is 7.11 Å². The number of benzene rings is 1. The molecular formula is C22H23BrN3O8P. The van der Waals surface area contributed by atoms with Crippen LogP contribution in [0.25, 0.3) is 0 Å². The standard InChI is InChI=1S/C22H23BrN3O8P/c1-5-22(11-10-18(33-22)26-12-14(2)19(27)24-21(26)29)13-32-35(30,25-15(3)20(28)31-4)34-17-8-6-16(23)7-9-17/h1,6-12,15,18H,13H2,2-4H3,(H,25,30)(H,24,27,29)/t15-,18+,22-,35+/m0/s1. The molecule has 11 nitrogen and oxygen atoms in total. The number of methoxy groups -OCH3 is 1. The van der Waals surface area contributed by atoms with Crippen LogP contribution in [0.3, 0.4) is 0 Å². The number of esters is 1. The van der Waals surface area contributed by atoms with Crippen LogP contribution in [0.15, 0.2) is 56.7 Å². The molecule has 35 heavy (non-hydrogen) atoms. The minimum atomic E-state index is -4.19. The Balaban J connectivity index is 1.82. The molecule has 1 aliphatic rings. The van der Waals surface area contributed by atoms with Gasteiger partial charge < -0.3 is 14.0 Å². The summed E-state index contributed by atoms with van der Waals surface area (Å²) in [6.07, 6.45) is 9.05. The molecule has 2 N–H and O–H groups in total. The topological polar surface area (TPSA) is 138 Å². The highest BCUT2D eigenvalue weighted by molar-refractivity contribution is 9.10. The van der Waals surface area contributed by atoms with Gasteiger partial charge in [-0.3, -0.25) is 23.7 Å². The van der Waals surface area contributed by atoms with E-state index in [0.717, 1.165) is 9.04 Å². The third kappa shape index (κ3) is 6.39. The van der Waals surface area contributed by atoms with Gasteiger partial charge in [-0.2, -0.15) is 5.09 Å². The van der Waals surface area contributed by atoms with Gasteiger partial charge in [-0.05, 0) is 50.3 Å². The molecular weight excluding hydrogens is 545 g/mol. The second-order valence-electron chi connectivity index (χ2n) is 7.57. The zero-order chi connectivity index (χ0) is 25.8. The average Bonchev–Trinajstić information content (AvgIpc) is 3.26. The SMILES string of the molecule is C#C[C@@]1(CO[P@](=O)(N[C@@H](C)C(=O)OC)Oc2ccc(Br)cc2)C=C[C@H](n2cc(C)c(=O)[nH]c2=O)O1. The van der Waals surface area contributed by atoms with Crippen molar-refractivity contribution in [3.05, 3.63) is 73.5 Å². The second kappa shape index (κ2) is 10.8. The third-order valence-electron chi connectivity index (χ3n) is 4.92. The molecule has 0 bridgehead atoms. The summed E-state index contributed by atoms with van der Waals surface area (Å²) in [7, 11) is -3.01. The van der Waals surface area contributed by atoms with Crippen molar-refractivity contribution in [1.82, 2.24) is 14.6 Å². The van der Waals surface area contributed by atoms with Crippen molar-refractivity contribution in [2.45, 2.75) is 31.7 Å². The van der Waals surface area contributed by atoms with Crippen LogP contribution in [-0.4, -0.2) is 40.9 Å². The smallest absolute Gasteiger partial charge is 0.459 e. The normalized spacial score (nSPS) is 21.6. The van der Waals surface area contributed by atoms with Gasteiger partial charge in [0.25, 0.3) is 5.56 Å². The van der Waals surface area contributed by atoms with Crippen molar-refractivity contribution in [1.29, 1.82) is 0 Å². The van der Waals surface area contributed by atoms with Gasteiger partial charge >= 0.3 is 19.4 Å². The molecule has 186 valence electrons. The Kier molecular flexibility index (Phi) is 8.20. The predicted octanol–water partition coefficient (Wildman–Crippen LogP) is 2.42. The second-order valence-corrected chi connectivity index (χ2v) is 10.2. The number of hydrogen-bond donors (Lipinski definition) is 2. The van der Waals surface area contributed by atoms with Crippen LogP contribution < -0.4 is 20.9 Å². The number of terminal acetylenes is 1. The molecule has 4 atom stereocenters. The first-order valence-corrected chi connectivity index (χ1v) is 12.6.